The number of hydrogen-bond donors (Lipinski definition) is 0. The van der Waals surface area contributed by atoms with Gasteiger partial charge in [-0.05, 0) is 0 Å². The lowest BCUT2D eigenvalue weighted by molar-refractivity contribution is 0.0426. The minimum absolute atomic E-state index is 0.136. The molecule has 0 saturated carbocycles. The molecule has 4 heteroatoms. The van der Waals surface area contributed by atoms with Gasteiger partial charge in [0, 0.05) is 13.1 Å². The number of nitrogens with zero attached hydrogens (tertiary/aromatic N) is 1. The van der Waals surface area contributed by atoms with Gasteiger partial charge in [0.05, 0.1) is 13.2 Å². The van der Waals surface area contributed by atoms with Crippen LogP contribution in [0.3, 0.4) is 0 Å². The van der Waals surface area contributed by atoms with Crippen LogP contribution in [0.15, 0.2) is 11.9 Å². The van der Waals surface area contributed by atoms with E-state index >= 15 is 0 Å². The van der Waals surface area contributed by atoms with E-state index in [1.165, 1.54) is 5.98 Å². The van der Waals surface area contributed by atoms with Crippen LogP contribution in [0.5, 0.6) is 0 Å². The zero-order valence-electron chi connectivity index (χ0n) is 6.14. The lowest BCUT2D eigenvalue weighted by Gasteiger charge is -2.26. The zero-order valence-corrected chi connectivity index (χ0v) is 6.14. The number of morpholine rings is 1. The number of halogens is 1. The number of hydrogen-bond acceptors (Lipinski definition) is 2. The minimum atomic E-state index is -0.136. The van der Waals surface area contributed by atoms with E-state index in [1.807, 2.05) is 0 Å². The summed E-state index contributed by atoms with van der Waals surface area (Å²) in [5.41, 5.74) is 0. The average Bonchev–Trinajstić information content (AvgIpc) is 2.05. The second kappa shape index (κ2) is 3.61. The van der Waals surface area contributed by atoms with Crippen LogP contribution in [0.2, 0.25) is 0 Å². The van der Waals surface area contributed by atoms with Gasteiger partial charge in [-0.25, -0.2) is 0 Å². The van der Waals surface area contributed by atoms with Crippen molar-refractivity contribution in [3.63, 3.8) is 0 Å². The highest BCUT2D eigenvalue weighted by Crippen LogP contribution is 2.06. The van der Waals surface area contributed by atoms with Crippen LogP contribution in [-0.4, -0.2) is 39.0 Å². The second-order valence-corrected chi connectivity index (χ2v) is 2.21. The van der Waals surface area contributed by atoms with Crippen molar-refractivity contribution in [2.75, 3.05) is 26.3 Å². The zero-order chi connectivity index (χ0) is 7.40. The molecule has 56 valence electrons. The summed E-state index contributed by atoms with van der Waals surface area (Å²) in [6, 6.07) is 0. The Hall–Kier alpha value is -0.505. The Kier molecular flexibility index (Phi) is 2.74. The molecular weight excluding hydrogens is 132 g/mol. The standard InChI is InChI=1S/C6H11BFNO/c7-5-6(8)9-1-3-10-4-2-9/h5H,1-4,7H2/b6-5+. The third-order valence-electron chi connectivity index (χ3n) is 1.55. The first-order valence-corrected chi connectivity index (χ1v) is 3.49. The molecule has 1 fully saturated rings. The lowest BCUT2D eigenvalue weighted by atomic mass is 10.1. The normalized spacial score (nSPS) is 21.3. The predicted molar refractivity (Wildman–Crippen MR) is 40.1 cm³/mol. The summed E-state index contributed by atoms with van der Waals surface area (Å²) in [4.78, 5) is 1.68. The summed E-state index contributed by atoms with van der Waals surface area (Å²) in [5.74, 6) is 1.34. The van der Waals surface area contributed by atoms with E-state index in [0.717, 1.165) is 0 Å². The molecule has 2 nitrogen and oxygen atoms in total. The molecule has 10 heavy (non-hydrogen) atoms. The summed E-state index contributed by atoms with van der Waals surface area (Å²) in [7, 11) is 1.70. The molecule has 0 amide bonds. The molecule has 1 aliphatic rings. The molecule has 1 heterocycles. The van der Waals surface area contributed by atoms with Gasteiger partial charge in [-0.15, -0.1) is 0 Å². The Morgan fingerprint density at radius 3 is 2.60 bits per heavy atom. The van der Waals surface area contributed by atoms with Gasteiger partial charge in [-0.1, -0.05) is 5.98 Å². The van der Waals surface area contributed by atoms with Gasteiger partial charge in [0.2, 0.25) is 0 Å². The number of rotatable bonds is 1. The third-order valence-corrected chi connectivity index (χ3v) is 1.55. The summed E-state index contributed by atoms with van der Waals surface area (Å²) < 4.78 is 17.8. The van der Waals surface area contributed by atoms with Gasteiger partial charge in [0.1, 0.15) is 7.85 Å². The second-order valence-electron chi connectivity index (χ2n) is 2.21. The fraction of sp³-hybridized carbons (Fsp3) is 0.667. The molecule has 1 saturated heterocycles. The summed E-state index contributed by atoms with van der Waals surface area (Å²) >= 11 is 0. The van der Waals surface area contributed by atoms with Crippen molar-refractivity contribution in [2.24, 2.45) is 0 Å². The molecule has 0 unspecified atom stereocenters. The Labute approximate surface area is 61.1 Å². The maximum atomic E-state index is 12.7. The van der Waals surface area contributed by atoms with Crippen molar-refractivity contribution in [1.82, 2.24) is 4.90 Å². The minimum Gasteiger partial charge on any atom is -0.378 e. The predicted octanol–water partition coefficient (Wildman–Crippen LogP) is -0.280. The van der Waals surface area contributed by atoms with Crippen LogP contribution in [0, 0.1) is 0 Å². The average molecular weight is 143 g/mol. The van der Waals surface area contributed by atoms with Gasteiger partial charge in [0.15, 0.2) is 5.95 Å². The molecule has 0 radical (unpaired) electrons. The van der Waals surface area contributed by atoms with E-state index in [9.17, 15) is 4.39 Å². The first-order valence-electron chi connectivity index (χ1n) is 3.49. The molecule has 0 spiro atoms. The lowest BCUT2D eigenvalue weighted by Crippen LogP contribution is -2.34. The Morgan fingerprint density at radius 1 is 1.50 bits per heavy atom. The Bertz CT molecular complexity index is 134. The molecule has 0 aliphatic carbocycles. The summed E-state index contributed by atoms with van der Waals surface area (Å²) in [6.07, 6.45) is 0. The molecule has 0 aromatic carbocycles. The topological polar surface area (TPSA) is 12.5 Å². The van der Waals surface area contributed by atoms with Crippen molar-refractivity contribution in [1.29, 1.82) is 0 Å². The molecular formula is C6H11BFNO. The molecule has 0 atom stereocenters. The van der Waals surface area contributed by atoms with Crippen LogP contribution < -0.4 is 0 Å². The van der Waals surface area contributed by atoms with Crippen LogP contribution in [-0.2, 0) is 4.74 Å². The van der Waals surface area contributed by atoms with Crippen molar-refractivity contribution < 1.29 is 9.13 Å². The molecule has 0 aromatic rings. The monoisotopic (exact) mass is 143 g/mol. The van der Waals surface area contributed by atoms with Crippen LogP contribution in [0.4, 0.5) is 4.39 Å². The van der Waals surface area contributed by atoms with E-state index in [2.05, 4.69) is 0 Å². The molecule has 1 rings (SSSR count). The van der Waals surface area contributed by atoms with E-state index < -0.39 is 0 Å². The highest BCUT2D eigenvalue weighted by Gasteiger charge is 2.11. The van der Waals surface area contributed by atoms with Gasteiger partial charge < -0.3 is 9.64 Å². The fourth-order valence-electron chi connectivity index (χ4n) is 0.960. The third kappa shape index (κ3) is 1.74. The molecule has 0 bridgehead atoms. The van der Waals surface area contributed by atoms with E-state index in [-0.39, 0.29) is 5.95 Å². The highest BCUT2D eigenvalue weighted by atomic mass is 19.1. The van der Waals surface area contributed by atoms with Crippen LogP contribution in [0.25, 0.3) is 0 Å². The maximum absolute atomic E-state index is 12.7. The Morgan fingerprint density at radius 2 is 2.10 bits per heavy atom. The van der Waals surface area contributed by atoms with E-state index in [0.29, 0.717) is 26.3 Å². The first-order chi connectivity index (χ1) is 4.84. The van der Waals surface area contributed by atoms with Crippen LogP contribution in [0.1, 0.15) is 0 Å². The van der Waals surface area contributed by atoms with E-state index in [1.54, 1.807) is 12.7 Å². The molecule has 0 aromatic heterocycles. The van der Waals surface area contributed by atoms with Crippen molar-refractivity contribution >= 4 is 7.85 Å². The van der Waals surface area contributed by atoms with Gasteiger partial charge in [-0.3, -0.25) is 0 Å². The van der Waals surface area contributed by atoms with Gasteiger partial charge in [-0.2, -0.15) is 4.39 Å². The SMILES string of the molecule is B/C=C(\F)N1CCOCC1. The van der Waals surface area contributed by atoms with Gasteiger partial charge >= 0.3 is 0 Å². The summed E-state index contributed by atoms with van der Waals surface area (Å²) in [5, 5.41) is 0. The quantitative estimate of drug-likeness (QED) is 0.369. The highest BCUT2D eigenvalue weighted by molar-refractivity contribution is 6.17. The largest absolute Gasteiger partial charge is 0.378 e. The maximum Gasteiger partial charge on any atom is 0.176 e. The summed E-state index contributed by atoms with van der Waals surface area (Å²) in [6.45, 7) is 2.63. The molecule has 0 N–H and O–H groups in total. The van der Waals surface area contributed by atoms with Crippen molar-refractivity contribution in [3.8, 4) is 0 Å². The van der Waals surface area contributed by atoms with Crippen molar-refractivity contribution in [3.05, 3.63) is 11.9 Å². The smallest absolute Gasteiger partial charge is 0.176 e. The van der Waals surface area contributed by atoms with Crippen LogP contribution >= 0.6 is 0 Å². The fourth-order valence-corrected chi connectivity index (χ4v) is 0.960. The number of ether oxygens (including phenoxy) is 1. The van der Waals surface area contributed by atoms with Gasteiger partial charge in [0.25, 0.3) is 0 Å². The Balaban J connectivity index is 2.39. The first kappa shape index (κ1) is 7.60. The molecule has 1 aliphatic heterocycles. The van der Waals surface area contributed by atoms with Crippen molar-refractivity contribution in [2.45, 2.75) is 0 Å². The van der Waals surface area contributed by atoms with E-state index in [4.69, 9.17) is 4.74 Å².